The first-order valence-corrected chi connectivity index (χ1v) is 9.63. The van der Waals surface area contributed by atoms with E-state index in [1.807, 2.05) is 44.2 Å². The fourth-order valence-corrected chi connectivity index (χ4v) is 3.21. The van der Waals surface area contributed by atoms with E-state index >= 15 is 0 Å². The van der Waals surface area contributed by atoms with Crippen LogP contribution in [0, 0.1) is 6.92 Å². The van der Waals surface area contributed by atoms with Crippen molar-refractivity contribution in [2.75, 3.05) is 37.0 Å². The molecule has 6 heteroatoms. The molecule has 1 aromatic carbocycles. The quantitative estimate of drug-likeness (QED) is 0.733. The zero-order valence-electron chi connectivity index (χ0n) is 16.7. The molecule has 1 N–H and O–H groups in total. The molecule has 0 saturated carbocycles. The van der Waals surface area contributed by atoms with Gasteiger partial charge in [-0.1, -0.05) is 6.07 Å². The number of carbonyl (C=O) groups excluding carboxylic acids is 1. The summed E-state index contributed by atoms with van der Waals surface area (Å²) in [4.78, 5) is 19.2. The van der Waals surface area contributed by atoms with Crippen LogP contribution in [0.5, 0.6) is 11.5 Å². The number of ether oxygens (including phenoxy) is 2. The van der Waals surface area contributed by atoms with Crippen LogP contribution in [0.2, 0.25) is 0 Å². The number of hydrogen-bond donors (Lipinski definition) is 1. The number of nitrogens with one attached hydrogen (secondary N) is 1. The smallest absolute Gasteiger partial charge is 0.248 e. The molecule has 0 atom stereocenters. The Balaban J connectivity index is 1.65. The first-order valence-electron chi connectivity index (χ1n) is 9.63. The van der Waals surface area contributed by atoms with Crippen molar-refractivity contribution in [3.05, 3.63) is 47.7 Å². The minimum absolute atomic E-state index is 0.202. The normalized spacial score (nSPS) is 13.8. The number of carbonyl (C=O) groups is 1. The monoisotopic (exact) mass is 381 g/mol. The molecule has 28 heavy (non-hydrogen) atoms. The van der Waals surface area contributed by atoms with Crippen LogP contribution < -0.4 is 19.7 Å². The van der Waals surface area contributed by atoms with Gasteiger partial charge in [-0.2, -0.15) is 0 Å². The Morgan fingerprint density at radius 2 is 2.00 bits per heavy atom. The standard InChI is InChI=1S/C22H27N3O3/c1-4-28-19-10-7-17(15-20(19)27-3)8-12-22(26)24-18-9-11-21(23-16(18)2)25-13-5-6-14-25/h7-12,15H,4-6,13-14H2,1-3H3,(H,24,26)/b12-8+. The van der Waals surface area contributed by atoms with Gasteiger partial charge in [-0.25, -0.2) is 4.98 Å². The average Bonchev–Trinajstić information content (AvgIpc) is 3.24. The van der Waals surface area contributed by atoms with Gasteiger partial charge in [-0.05, 0) is 62.6 Å². The van der Waals surface area contributed by atoms with Crippen LogP contribution in [0.4, 0.5) is 11.5 Å². The van der Waals surface area contributed by atoms with Gasteiger partial charge in [-0.15, -0.1) is 0 Å². The molecule has 6 nitrogen and oxygen atoms in total. The minimum atomic E-state index is -0.202. The number of amides is 1. The maximum absolute atomic E-state index is 12.3. The zero-order valence-corrected chi connectivity index (χ0v) is 16.7. The molecule has 1 aromatic heterocycles. The zero-order chi connectivity index (χ0) is 19.9. The number of methoxy groups -OCH3 is 1. The van der Waals surface area contributed by atoms with E-state index in [1.54, 1.807) is 13.2 Å². The highest BCUT2D eigenvalue weighted by atomic mass is 16.5. The van der Waals surface area contributed by atoms with Crippen molar-refractivity contribution in [3.8, 4) is 11.5 Å². The van der Waals surface area contributed by atoms with E-state index in [0.717, 1.165) is 35.9 Å². The molecule has 1 aliphatic heterocycles. The van der Waals surface area contributed by atoms with Crippen LogP contribution in [-0.4, -0.2) is 37.7 Å². The molecule has 2 heterocycles. The highest BCUT2D eigenvalue weighted by Gasteiger charge is 2.14. The van der Waals surface area contributed by atoms with Gasteiger partial charge in [0, 0.05) is 19.2 Å². The molecule has 2 aromatic rings. The second-order valence-corrected chi connectivity index (χ2v) is 6.66. The summed E-state index contributed by atoms with van der Waals surface area (Å²) in [5.74, 6) is 2.10. The lowest BCUT2D eigenvalue weighted by atomic mass is 10.2. The number of rotatable bonds is 7. The number of aryl methyl sites for hydroxylation is 1. The van der Waals surface area contributed by atoms with E-state index in [4.69, 9.17) is 9.47 Å². The van der Waals surface area contributed by atoms with Crippen molar-refractivity contribution < 1.29 is 14.3 Å². The van der Waals surface area contributed by atoms with E-state index in [9.17, 15) is 4.79 Å². The van der Waals surface area contributed by atoms with E-state index in [1.165, 1.54) is 18.9 Å². The summed E-state index contributed by atoms with van der Waals surface area (Å²) in [5, 5.41) is 2.90. The molecule has 1 amide bonds. The second kappa shape index (κ2) is 9.26. The number of aromatic nitrogens is 1. The molecule has 0 radical (unpaired) electrons. The van der Waals surface area contributed by atoms with Crippen LogP contribution in [0.25, 0.3) is 6.08 Å². The van der Waals surface area contributed by atoms with Crippen molar-refractivity contribution in [3.63, 3.8) is 0 Å². The maximum atomic E-state index is 12.3. The molecule has 1 aliphatic rings. The molecular formula is C22H27N3O3. The first-order chi connectivity index (χ1) is 13.6. The molecule has 0 spiro atoms. The Kier molecular flexibility index (Phi) is 6.53. The van der Waals surface area contributed by atoms with Crippen molar-refractivity contribution in [1.29, 1.82) is 0 Å². The Morgan fingerprint density at radius 1 is 1.21 bits per heavy atom. The molecule has 0 bridgehead atoms. The van der Waals surface area contributed by atoms with E-state index in [0.29, 0.717) is 18.1 Å². The fourth-order valence-electron chi connectivity index (χ4n) is 3.21. The fraction of sp³-hybridized carbons (Fsp3) is 0.364. The van der Waals surface area contributed by atoms with Crippen LogP contribution in [0.1, 0.15) is 31.0 Å². The SMILES string of the molecule is CCOc1ccc(/C=C/C(=O)Nc2ccc(N3CCCC3)nc2C)cc1OC. The van der Waals surface area contributed by atoms with Crippen molar-refractivity contribution in [2.45, 2.75) is 26.7 Å². The van der Waals surface area contributed by atoms with Crippen LogP contribution in [-0.2, 0) is 4.79 Å². The van der Waals surface area contributed by atoms with Gasteiger partial charge in [0.15, 0.2) is 11.5 Å². The summed E-state index contributed by atoms with van der Waals surface area (Å²) < 4.78 is 10.8. The predicted molar refractivity (Wildman–Crippen MR) is 112 cm³/mol. The average molecular weight is 381 g/mol. The number of pyridine rings is 1. The summed E-state index contributed by atoms with van der Waals surface area (Å²) in [6.07, 6.45) is 5.67. The van der Waals surface area contributed by atoms with Gasteiger partial charge in [0.2, 0.25) is 5.91 Å². The molecule has 1 fully saturated rings. The number of anilines is 2. The van der Waals surface area contributed by atoms with Crippen molar-refractivity contribution >= 4 is 23.5 Å². The van der Waals surface area contributed by atoms with Crippen molar-refractivity contribution in [2.24, 2.45) is 0 Å². The lowest BCUT2D eigenvalue weighted by Gasteiger charge is -2.17. The molecule has 3 rings (SSSR count). The van der Waals surface area contributed by atoms with Crippen LogP contribution in [0.15, 0.2) is 36.4 Å². The largest absolute Gasteiger partial charge is 0.493 e. The van der Waals surface area contributed by atoms with Crippen LogP contribution >= 0.6 is 0 Å². The second-order valence-electron chi connectivity index (χ2n) is 6.66. The third-order valence-electron chi connectivity index (χ3n) is 4.67. The van der Waals surface area contributed by atoms with Gasteiger partial charge in [-0.3, -0.25) is 4.79 Å². The van der Waals surface area contributed by atoms with E-state index in [2.05, 4.69) is 15.2 Å². The molecule has 0 unspecified atom stereocenters. The first kappa shape index (κ1) is 19.7. The third-order valence-corrected chi connectivity index (χ3v) is 4.67. The number of benzene rings is 1. The van der Waals surface area contributed by atoms with E-state index < -0.39 is 0 Å². The summed E-state index contributed by atoms with van der Waals surface area (Å²) in [7, 11) is 1.60. The Morgan fingerprint density at radius 3 is 2.68 bits per heavy atom. The topological polar surface area (TPSA) is 63.7 Å². The van der Waals surface area contributed by atoms with Crippen molar-refractivity contribution in [1.82, 2.24) is 4.98 Å². The number of nitrogens with zero attached hydrogens (tertiary/aromatic N) is 2. The highest BCUT2D eigenvalue weighted by molar-refractivity contribution is 6.02. The lowest BCUT2D eigenvalue weighted by Crippen LogP contribution is -2.19. The molecular weight excluding hydrogens is 354 g/mol. The molecule has 0 aliphatic carbocycles. The predicted octanol–water partition coefficient (Wildman–Crippen LogP) is 4.05. The number of hydrogen-bond acceptors (Lipinski definition) is 5. The van der Waals surface area contributed by atoms with Gasteiger partial charge >= 0.3 is 0 Å². The van der Waals surface area contributed by atoms with Gasteiger partial charge in [0.1, 0.15) is 5.82 Å². The third kappa shape index (κ3) is 4.82. The minimum Gasteiger partial charge on any atom is -0.493 e. The Bertz CT molecular complexity index is 858. The van der Waals surface area contributed by atoms with Gasteiger partial charge in [0.25, 0.3) is 0 Å². The Hall–Kier alpha value is -3.02. The van der Waals surface area contributed by atoms with Gasteiger partial charge in [0.05, 0.1) is 25.1 Å². The summed E-state index contributed by atoms with van der Waals surface area (Å²) in [5.41, 5.74) is 2.39. The van der Waals surface area contributed by atoms with Crippen LogP contribution in [0.3, 0.4) is 0 Å². The Labute approximate surface area is 166 Å². The lowest BCUT2D eigenvalue weighted by molar-refractivity contribution is -0.111. The highest BCUT2D eigenvalue weighted by Crippen LogP contribution is 2.28. The molecule has 1 saturated heterocycles. The molecule has 148 valence electrons. The summed E-state index contributed by atoms with van der Waals surface area (Å²) in [6, 6.07) is 9.45. The van der Waals surface area contributed by atoms with E-state index in [-0.39, 0.29) is 5.91 Å². The summed E-state index contributed by atoms with van der Waals surface area (Å²) in [6.45, 7) is 6.50. The maximum Gasteiger partial charge on any atom is 0.248 e. The van der Waals surface area contributed by atoms with Gasteiger partial charge < -0.3 is 19.7 Å². The summed E-state index contributed by atoms with van der Waals surface area (Å²) >= 11 is 0.